The number of carbonyl (C=O) groups excluding carboxylic acids is 2. The van der Waals surface area contributed by atoms with Crippen molar-refractivity contribution < 1.29 is 19.1 Å². The highest BCUT2D eigenvalue weighted by Crippen LogP contribution is 2.22. The van der Waals surface area contributed by atoms with Gasteiger partial charge in [-0.3, -0.25) is 4.79 Å². The lowest BCUT2D eigenvalue weighted by Gasteiger charge is -2.22. The Morgan fingerprint density at radius 1 is 1.22 bits per heavy atom. The molecule has 0 bridgehead atoms. The molecule has 6 heteroatoms. The lowest BCUT2D eigenvalue weighted by molar-refractivity contribution is -0.143. The van der Waals surface area contributed by atoms with Gasteiger partial charge in [-0.15, -0.1) is 0 Å². The summed E-state index contributed by atoms with van der Waals surface area (Å²) in [5, 5.41) is 3.31. The van der Waals surface area contributed by atoms with Gasteiger partial charge in [0.15, 0.2) is 0 Å². The maximum atomic E-state index is 11.8. The monoisotopic (exact) mass is 341 g/mol. The zero-order valence-electron chi connectivity index (χ0n) is 14.0. The fraction of sp³-hybridized carbons (Fsp3) is 0.529. The molecule has 128 valence electrons. The molecule has 1 aromatic rings. The molecule has 0 aliphatic carbocycles. The molecular weight excluding hydrogens is 318 g/mol. The highest BCUT2D eigenvalue weighted by Gasteiger charge is 2.20. The van der Waals surface area contributed by atoms with E-state index in [1.807, 2.05) is 12.1 Å². The van der Waals surface area contributed by atoms with E-state index in [4.69, 9.17) is 21.1 Å². The van der Waals surface area contributed by atoms with Crippen molar-refractivity contribution in [3.05, 3.63) is 34.9 Å². The summed E-state index contributed by atoms with van der Waals surface area (Å²) in [5.41, 5.74) is 0.333. The molecule has 1 amide bonds. The molecule has 1 N–H and O–H groups in total. The van der Waals surface area contributed by atoms with Crippen molar-refractivity contribution in [2.45, 2.75) is 45.6 Å². The Labute approximate surface area is 142 Å². The minimum Gasteiger partial charge on any atom is -0.466 e. The van der Waals surface area contributed by atoms with Crippen molar-refractivity contribution >= 4 is 23.7 Å². The summed E-state index contributed by atoms with van der Waals surface area (Å²) in [5.74, 6) is -0.516. The van der Waals surface area contributed by atoms with Crippen LogP contribution in [0.5, 0.6) is 0 Å². The molecule has 0 aliphatic heterocycles. The van der Waals surface area contributed by atoms with Gasteiger partial charge in [-0.25, -0.2) is 4.79 Å². The highest BCUT2D eigenvalue weighted by molar-refractivity contribution is 6.30. The number of amides is 1. The molecule has 0 saturated carbocycles. The Bertz CT molecular complexity index is 522. The van der Waals surface area contributed by atoms with Crippen LogP contribution in [0.3, 0.4) is 0 Å². The van der Waals surface area contributed by atoms with Crippen molar-refractivity contribution in [3.8, 4) is 0 Å². The number of ether oxygens (including phenoxy) is 2. The SMILES string of the molecule is CCOC(=O)CC(CNC(=O)OC(C)(C)C)c1ccc(Cl)cc1. The van der Waals surface area contributed by atoms with Gasteiger partial charge < -0.3 is 14.8 Å². The predicted octanol–water partition coefficient (Wildman–Crippen LogP) is 3.90. The summed E-state index contributed by atoms with van der Waals surface area (Å²) >= 11 is 5.89. The van der Waals surface area contributed by atoms with Gasteiger partial charge in [0.05, 0.1) is 13.0 Å². The third kappa shape index (κ3) is 7.88. The number of halogens is 1. The third-order valence-corrected chi connectivity index (χ3v) is 3.20. The second kappa shape index (κ2) is 8.77. The standard InChI is InChI=1S/C17H24ClNO4/c1-5-22-15(20)10-13(12-6-8-14(18)9-7-12)11-19-16(21)23-17(2,3)4/h6-9,13H,5,10-11H2,1-4H3,(H,19,21). The van der Waals surface area contributed by atoms with E-state index in [0.29, 0.717) is 11.6 Å². The number of hydrogen-bond donors (Lipinski definition) is 1. The first kappa shape index (κ1) is 19.3. The van der Waals surface area contributed by atoms with Crippen LogP contribution in [0.4, 0.5) is 4.79 Å². The van der Waals surface area contributed by atoms with Gasteiger partial charge in [-0.05, 0) is 45.4 Å². The summed E-state index contributed by atoms with van der Waals surface area (Å²) in [6.07, 6.45) is -0.342. The Morgan fingerprint density at radius 2 is 1.83 bits per heavy atom. The van der Waals surface area contributed by atoms with Crippen LogP contribution in [0.2, 0.25) is 5.02 Å². The van der Waals surface area contributed by atoms with Gasteiger partial charge in [0.1, 0.15) is 5.60 Å². The molecule has 1 aromatic carbocycles. The fourth-order valence-corrected chi connectivity index (χ4v) is 2.11. The van der Waals surface area contributed by atoms with E-state index in [-0.39, 0.29) is 24.9 Å². The predicted molar refractivity (Wildman–Crippen MR) is 89.7 cm³/mol. The number of benzene rings is 1. The molecule has 5 nitrogen and oxygen atoms in total. The Balaban J connectivity index is 2.73. The molecule has 1 unspecified atom stereocenters. The van der Waals surface area contributed by atoms with Crippen LogP contribution in [0, 0.1) is 0 Å². The molecule has 0 heterocycles. The van der Waals surface area contributed by atoms with Gasteiger partial charge in [0.25, 0.3) is 0 Å². The first-order valence-electron chi connectivity index (χ1n) is 7.59. The third-order valence-electron chi connectivity index (χ3n) is 2.95. The van der Waals surface area contributed by atoms with Crippen LogP contribution in [0.25, 0.3) is 0 Å². The molecule has 0 saturated heterocycles. The normalized spacial score (nSPS) is 12.4. The largest absolute Gasteiger partial charge is 0.466 e. The number of rotatable bonds is 6. The van der Waals surface area contributed by atoms with Crippen molar-refractivity contribution in [3.63, 3.8) is 0 Å². The summed E-state index contributed by atoms with van der Waals surface area (Å²) < 4.78 is 10.2. The van der Waals surface area contributed by atoms with Crippen LogP contribution < -0.4 is 5.32 Å². The zero-order valence-corrected chi connectivity index (χ0v) is 14.8. The molecule has 0 radical (unpaired) electrons. The smallest absolute Gasteiger partial charge is 0.407 e. The van der Waals surface area contributed by atoms with Gasteiger partial charge >= 0.3 is 12.1 Å². The highest BCUT2D eigenvalue weighted by atomic mass is 35.5. The first-order valence-corrected chi connectivity index (χ1v) is 7.97. The second-order valence-corrected chi connectivity index (χ2v) is 6.58. The van der Waals surface area contributed by atoms with Crippen LogP contribution in [-0.4, -0.2) is 30.8 Å². The number of esters is 1. The van der Waals surface area contributed by atoms with E-state index in [1.165, 1.54) is 0 Å². The van der Waals surface area contributed by atoms with E-state index in [1.54, 1.807) is 39.8 Å². The minimum absolute atomic E-state index is 0.172. The number of carbonyl (C=O) groups is 2. The van der Waals surface area contributed by atoms with Crippen LogP contribution in [0.1, 0.15) is 45.6 Å². The Morgan fingerprint density at radius 3 is 2.35 bits per heavy atom. The van der Waals surface area contributed by atoms with Gasteiger partial charge in [0, 0.05) is 17.5 Å². The van der Waals surface area contributed by atoms with Gasteiger partial charge in [-0.1, -0.05) is 23.7 Å². The summed E-state index contributed by atoms with van der Waals surface area (Å²) in [6.45, 7) is 7.74. The molecule has 1 rings (SSSR count). The molecule has 0 aromatic heterocycles. The lowest BCUT2D eigenvalue weighted by atomic mass is 9.96. The molecule has 23 heavy (non-hydrogen) atoms. The average Bonchev–Trinajstić information content (AvgIpc) is 2.43. The van der Waals surface area contributed by atoms with Crippen molar-refractivity contribution in [2.75, 3.05) is 13.2 Å². The second-order valence-electron chi connectivity index (χ2n) is 6.14. The van der Waals surface area contributed by atoms with E-state index >= 15 is 0 Å². The van der Waals surface area contributed by atoms with Crippen LogP contribution in [-0.2, 0) is 14.3 Å². The lowest BCUT2D eigenvalue weighted by Crippen LogP contribution is -2.35. The first-order chi connectivity index (χ1) is 10.7. The van der Waals surface area contributed by atoms with Gasteiger partial charge in [0.2, 0.25) is 0 Å². The van der Waals surface area contributed by atoms with E-state index < -0.39 is 11.7 Å². The maximum Gasteiger partial charge on any atom is 0.407 e. The number of hydrogen-bond acceptors (Lipinski definition) is 4. The van der Waals surface area contributed by atoms with Crippen molar-refractivity contribution in [2.24, 2.45) is 0 Å². The Kier molecular flexibility index (Phi) is 7.36. The fourth-order valence-electron chi connectivity index (χ4n) is 1.98. The zero-order chi connectivity index (χ0) is 17.5. The molecular formula is C17H24ClNO4. The van der Waals surface area contributed by atoms with Crippen molar-refractivity contribution in [1.29, 1.82) is 0 Å². The topological polar surface area (TPSA) is 64.6 Å². The Hall–Kier alpha value is -1.75. The molecule has 0 aliphatic rings. The van der Waals surface area contributed by atoms with Gasteiger partial charge in [-0.2, -0.15) is 0 Å². The summed E-state index contributed by atoms with van der Waals surface area (Å²) in [4.78, 5) is 23.6. The number of alkyl carbamates (subject to hydrolysis) is 1. The van der Waals surface area contributed by atoms with Crippen LogP contribution >= 0.6 is 11.6 Å². The molecule has 0 spiro atoms. The maximum absolute atomic E-state index is 11.8. The summed E-state index contributed by atoms with van der Waals surface area (Å²) in [6, 6.07) is 7.18. The van der Waals surface area contributed by atoms with Crippen molar-refractivity contribution in [1.82, 2.24) is 5.32 Å². The average molecular weight is 342 g/mol. The molecule has 1 atom stereocenters. The molecule has 0 fully saturated rings. The summed E-state index contributed by atoms with van der Waals surface area (Å²) in [7, 11) is 0. The van der Waals surface area contributed by atoms with E-state index in [0.717, 1.165) is 5.56 Å². The minimum atomic E-state index is -0.568. The quantitative estimate of drug-likeness (QED) is 0.797. The van der Waals surface area contributed by atoms with Crippen LogP contribution in [0.15, 0.2) is 24.3 Å². The van der Waals surface area contributed by atoms with E-state index in [9.17, 15) is 9.59 Å². The van der Waals surface area contributed by atoms with E-state index in [2.05, 4.69) is 5.32 Å². The number of nitrogens with one attached hydrogen (secondary N) is 1.